The third-order valence-electron chi connectivity index (χ3n) is 5.05. The number of nitrogens with one attached hydrogen (secondary N) is 1. The van der Waals surface area contributed by atoms with E-state index >= 15 is 0 Å². The second-order valence-electron chi connectivity index (χ2n) is 6.89. The molecule has 0 spiro atoms. The summed E-state index contributed by atoms with van der Waals surface area (Å²) in [5.41, 5.74) is 4.56. The van der Waals surface area contributed by atoms with Crippen LogP contribution in [0.1, 0.15) is 15.9 Å². The van der Waals surface area contributed by atoms with Gasteiger partial charge in [-0.05, 0) is 55.0 Å². The van der Waals surface area contributed by atoms with Crippen LogP contribution in [0.2, 0.25) is 0 Å². The molecule has 30 heavy (non-hydrogen) atoms. The molecule has 0 aliphatic rings. The Morgan fingerprint density at radius 3 is 2.33 bits per heavy atom. The summed E-state index contributed by atoms with van der Waals surface area (Å²) in [7, 11) is 3.23. The van der Waals surface area contributed by atoms with Crippen molar-refractivity contribution >= 4 is 22.5 Å². The summed E-state index contributed by atoms with van der Waals surface area (Å²) in [6.45, 7) is 1.93. The first kappa shape index (κ1) is 19.5. The number of rotatable bonds is 5. The molecule has 1 amide bonds. The van der Waals surface area contributed by atoms with Crippen LogP contribution in [0.25, 0.3) is 22.2 Å². The predicted octanol–water partition coefficient (Wildman–Crippen LogP) is 5.48. The van der Waals surface area contributed by atoms with E-state index in [-0.39, 0.29) is 5.91 Å². The largest absolute Gasteiger partial charge is 0.497 e. The van der Waals surface area contributed by atoms with Crippen LogP contribution in [0.3, 0.4) is 0 Å². The highest BCUT2D eigenvalue weighted by Crippen LogP contribution is 2.31. The van der Waals surface area contributed by atoms with E-state index in [4.69, 9.17) is 14.5 Å². The fourth-order valence-electron chi connectivity index (χ4n) is 3.52. The topological polar surface area (TPSA) is 60.5 Å². The predicted molar refractivity (Wildman–Crippen MR) is 119 cm³/mol. The summed E-state index contributed by atoms with van der Waals surface area (Å²) in [5.74, 6) is 1.27. The standard InChI is InChI=1S/C25H22N2O3/c1-16-23(25(28)26-18-7-6-8-20(15-18)30-3)21-9-4-5-10-22(21)27-24(16)17-11-13-19(29-2)14-12-17/h4-15H,1-3H3,(H,26,28). The van der Waals surface area contributed by atoms with Gasteiger partial charge in [0.1, 0.15) is 11.5 Å². The molecule has 0 aliphatic carbocycles. The molecule has 1 aromatic heterocycles. The van der Waals surface area contributed by atoms with Gasteiger partial charge in [0.25, 0.3) is 5.91 Å². The van der Waals surface area contributed by atoms with Gasteiger partial charge in [0.15, 0.2) is 0 Å². The van der Waals surface area contributed by atoms with Gasteiger partial charge in [-0.25, -0.2) is 4.98 Å². The number of carbonyl (C=O) groups excluding carboxylic acids is 1. The molecule has 0 aliphatic heterocycles. The zero-order valence-electron chi connectivity index (χ0n) is 17.1. The number of pyridine rings is 1. The number of aromatic nitrogens is 1. The zero-order valence-corrected chi connectivity index (χ0v) is 17.1. The summed E-state index contributed by atoms with van der Waals surface area (Å²) in [6, 6.07) is 22.7. The van der Waals surface area contributed by atoms with Crippen molar-refractivity contribution in [2.75, 3.05) is 19.5 Å². The van der Waals surface area contributed by atoms with Gasteiger partial charge in [0.05, 0.1) is 31.0 Å². The van der Waals surface area contributed by atoms with Crippen molar-refractivity contribution in [3.63, 3.8) is 0 Å². The first-order valence-electron chi connectivity index (χ1n) is 9.60. The number of amides is 1. The van der Waals surface area contributed by atoms with Gasteiger partial charge in [-0.2, -0.15) is 0 Å². The molecule has 0 fully saturated rings. The van der Waals surface area contributed by atoms with Crippen molar-refractivity contribution in [3.05, 3.63) is 83.9 Å². The van der Waals surface area contributed by atoms with Crippen molar-refractivity contribution in [1.82, 2.24) is 4.98 Å². The number of carbonyl (C=O) groups is 1. The van der Waals surface area contributed by atoms with Gasteiger partial charge in [-0.3, -0.25) is 4.79 Å². The van der Waals surface area contributed by atoms with Crippen LogP contribution in [0.15, 0.2) is 72.8 Å². The fraction of sp³-hybridized carbons (Fsp3) is 0.120. The first-order chi connectivity index (χ1) is 14.6. The van der Waals surface area contributed by atoms with Crippen LogP contribution < -0.4 is 14.8 Å². The average Bonchev–Trinajstić information content (AvgIpc) is 2.78. The van der Waals surface area contributed by atoms with Gasteiger partial charge < -0.3 is 14.8 Å². The molecule has 5 heteroatoms. The van der Waals surface area contributed by atoms with Crippen LogP contribution in [-0.2, 0) is 0 Å². The lowest BCUT2D eigenvalue weighted by atomic mass is 9.97. The number of nitrogens with zero attached hydrogens (tertiary/aromatic N) is 1. The van der Waals surface area contributed by atoms with E-state index in [1.807, 2.05) is 73.7 Å². The molecular weight excluding hydrogens is 376 g/mol. The first-order valence-corrected chi connectivity index (χ1v) is 9.60. The lowest BCUT2D eigenvalue weighted by Crippen LogP contribution is -2.15. The Labute approximate surface area is 175 Å². The lowest BCUT2D eigenvalue weighted by Gasteiger charge is -2.15. The van der Waals surface area contributed by atoms with E-state index in [1.54, 1.807) is 20.3 Å². The maximum atomic E-state index is 13.3. The number of benzene rings is 3. The van der Waals surface area contributed by atoms with Gasteiger partial charge in [-0.15, -0.1) is 0 Å². The number of hydrogen-bond donors (Lipinski definition) is 1. The quantitative estimate of drug-likeness (QED) is 0.484. The molecule has 1 N–H and O–H groups in total. The molecule has 4 rings (SSSR count). The van der Waals surface area contributed by atoms with Crippen molar-refractivity contribution in [2.45, 2.75) is 6.92 Å². The minimum atomic E-state index is -0.186. The molecule has 0 atom stereocenters. The lowest BCUT2D eigenvalue weighted by molar-refractivity contribution is 0.102. The van der Waals surface area contributed by atoms with E-state index in [2.05, 4.69) is 5.32 Å². The monoisotopic (exact) mass is 398 g/mol. The van der Waals surface area contributed by atoms with Crippen LogP contribution in [0.4, 0.5) is 5.69 Å². The number of fused-ring (bicyclic) bond motifs is 1. The third-order valence-corrected chi connectivity index (χ3v) is 5.05. The Morgan fingerprint density at radius 2 is 1.60 bits per heavy atom. The molecule has 0 saturated heterocycles. The molecule has 0 radical (unpaired) electrons. The number of para-hydroxylation sites is 1. The van der Waals surface area contributed by atoms with E-state index in [1.165, 1.54) is 0 Å². The summed E-state index contributed by atoms with van der Waals surface area (Å²) in [5, 5.41) is 3.81. The van der Waals surface area contributed by atoms with Crippen LogP contribution in [0, 0.1) is 6.92 Å². The summed E-state index contributed by atoms with van der Waals surface area (Å²) < 4.78 is 10.5. The molecule has 0 unspecified atom stereocenters. The fourth-order valence-corrected chi connectivity index (χ4v) is 3.52. The highest BCUT2D eigenvalue weighted by Gasteiger charge is 2.19. The number of anilines is 1. The second kappa shape index (κ2) is 8.25. The van der Waals surface area contributed by atoms with Gasteiger partial charge >= 0.3 is 0 Å². The van der Waals surface area contributed by atoms with E-state index in [0.29, 0.717) is 17.0 Å². The van der Waals surface area contributed by atoms with Crippen LogP contribution in [0.5, 0.6) is 11.5 Å². The molecular formula is C25H22N2O3. The Hall–Kier alpha value is -3.86. The molecule has 0 saturated carbocycles. The molecule has 3 aromatic carbocycles. The number of methoxy groups -OCH3 is 2. The number of ether oxygens (including phenoxy) is 2. The minimum Gasteiger partial charge on any atom is -0.497 e. The number of hydrogen-bond acceptors (Lipinski definition) is 4. The molecule has 4 aromatic rings. The van der Waals surface area contributed by atoms with Gasteiger partial charge in [0, 0.05) is 22.7 Å². The van der Waals surface area contributed by atoms with E-state index < -0.39 is 0 Å². The minimum absolute atomic E-state index is 0.186. The van der Waals surface area contributed by atoms with Crippen molar-refractivity contribution in [3.8, 4) is 22.8 Å². The Kier molecular flexibility index (Phi) is 5.35. The normalized spacial score (nSPS) is 10.6. The summed E-state index contributed by atoms with van der Waals surface area (Å²) in [6.07, 6.45) is 0. The third kappa shape index (κ3) is 3.70. The highest BCUT2D eigenvalue weighted by atomic mass is 16.5. The van der Waals surface area contributed by atoms with Gasteiger partial charge in [-0.1, -0.05) is 24.3 Å². The van der Waals surface area contributed by atoms with Crippen molar-refractivity contribution in [2.24, 2.45) is 0 Å². The smallest absolute Gasteiger partial charge is 0.256 e. The maximum absolute atomic E-state index is 13.3. The highest BCUT2D eigenvalue weighted by molar-refractivity contribution is 6.14. The van der Waals surface area contributed by atoms with Crippen LogP contribution in [-0.4, -0.2) is 25.1 Å². The SMILES string of the molecule is COc1ccc(-c2nc3ccccc3c(C(=O)Nc3cccc(OC)c3)c2C)cc1. The average molecular weight is 398 g/mol. The summed E-state index contributed by atoms with van der Waals surface area (Å²) >= 11 is 0. The Bertz CT molecular complexity index is 1220. The molecule has 150 valence electrons. The molecule has 0 bridgehead atoms. The molecule has 1 heterocycles. The van der Waals surface area contributed by atoms with Crippen LogP contribution >= 0.6 is 0 Å². The Balaban J connectivity index is 1.83. The van der Waals surface area contributed by atoms with E-state index in [0.717, 1.165) is 33.5 Å². The van der Waals surface area contributed by atoms with Gasteiger partial charge in [0.2, 0.25) is 0 Å². The maximum Gasteiger partial charge on any atom is 0.256 e. The van der Waals surface area contributed by atoms with E-state index in [9.17, 15) is 4.79 Å². The zero-order chi connectivity index (χ0) is 21.1. The summed E-state index contributed by atoms with van der Waals surface area (Å²) in [4.78, 5) is 18.2. The Morgan fingerprint density at radius 1 is 0.867 bits per heavy atom. The molecule has 5 nitrogen and oxygen atoms in total. The van der Waals surface area contributed by atoms with Crippen molar-refractivity contribution < 1.29 is 14.3 Å². The second-order valence-corrected chi connectivity index (χ2v) is 6.89. The van der Waals surface area contributed by atoms with Crippen molar-refractivity contribution in [1.29, 1.82) is 0 Å².